The highest BCUT2D eigenvalue weighted by Gasteiger charge is 2.13. The van der Waals surface area contributed by atoms with Crippen LogP contribution in [0.4, 0.5) is 4.39 Å². The second kappa shape index (κ2) is 8.21. The number of rotatable bonds is 7. The van der Waals surface area contributed by atoms with E-state index in [0.29, 0.717) is 22.9 Å². The molecule has 0 fully saturated rings. The van der Waals surface area contributed by atoms with Crippen LogP contribution in [0.3, 0.4) is 0 Å². The van der Waals surface area contributed by atoms with Crippen molar-refractivity contribution < 1.29 is 9.13 Å². The van der Waals surface area contributed by atoms with Gasteiger partial charge in [-0.1, -0.05) is 36.0 Å². The fraction of sp³-hybridized carbons (Fsp3) is 0.200. The van der Waals surface area contributed by atoms with Gasteiger partial charge in [0.05, 0.1) is 23.3 Å². The van der Waals surface area contributed by atoms with Gasteiger partial charge in [0.15, 0.2) is 5.16 Å². The molecule has 0 bridgehead atoms. The van der Waals surface area contributed by atoms with Crippen LogP contribution in [-0.4, -0.2) is 28.3 Å². The van der Waals surface area contributed by atoms with E-state index in [2.05, 4.69) is 15.6 Å². The van der Waals surface area contributed by atoms with Crippen LogP contribution in [0.15, 0.2) is 59.1 Å². The summed E-state index contributed by atoms with van der Waals surface area (Å²) in [4.78, 5) is 9.34. The van der Waals surface area contributed by atoms with Gasteiger partial charge in [0.2, 0.25) is 0 Å². The van der Waals surface area contributed by atoms with Crippen LogP contribution in [0.2, 0.25) is 0 Å². The van der Waals surface area contributed by atoms with Crippen LogP contribution in [0.25, 0.3) is 21.6 Å². The molecule has 0 spiro atoms. The number of halogens is 1. The summed E-state index contributed by atoms with van der Waals surface area (Å²) in [5, 5.41) is 3.63. The van der Waals surface area contributed by atoms with E-state index >= 15 is 0 Å². The Morgan fingerprint density at radius 1 is 1.11 bits per heavy atom. The number of hydrogen-bond acceptors (Lipinski definition) is 5. The van der Waals surface area contributed by atoms with Gasteiger partial charge in [0.25, 0.3) is 0 Å². The normalized spacial score (nSPS) is 11.3. The first-order valence-corrected chi connectivity index (χ1v) is 10.4. The molecular weight excluding hydrogens is 381 g/mol. The van der Waals surface area contributed by atoms with Crippen molar-refractivity contribution in [3.63, 3.8) is 0 Å². The van der Waals surface area contributed by atoms with E-state index in [1.165, 1.54) is 17.4 Å². The van der Waals surface area contributed by atoms with Gasteiger partial charge in [-0.2, -0.15) is 0 Å². The smallest absolute Gasteiger partial charge is 0.169 e. The number of para-hydroxylation sites is 2. The van der Waals surface area contributed by atoms with Crippen LogP contribution in [-0.2, 0) is 17.0 Å². The topological polar surface area (TPSA) is 39.9 Å². The minimum absolute atomic E-state index is 0.243. The molecule has 138 valence electrons. The fourth-order valence-electron chi connectivity index (χ4n) is 2.83. The van der Waals surface area contributed by atoms with Crippen molar-refractivity contribution >= 4 is 34.1 Å². The Kier molecular flexibility index (Phi) is 5.52. The van der Waals surface area contributed by atoms with E-state index in [0.717, 1.165) is 28.4 Å². The molecule has 0 unspecified atom stereocenters. The summed E-state index contributed by atoms with van der Waals surface area (Å²) < 4.78 is 21.4. The van der Waals surface area contributed by atoms with Crippen molar-refractivity contribution in [2.24, 2.45) is 0 Å². The number of fused-ring (bicyclic) bond motifs is 1. The molecule has 0 aliphatic heterocycles. The van der Waals surface area contributed by atoms with E-state index in [1.807, 2.05) is 29.6 Å². The Balaban J connectivity index is 1.55. The first kappa shape index (κ1) is 18.2. The van der Waals surface area contributed by atoms with Crippen molar-refractivity contribution in [3.05, 3.63) is 65.4 Å². The van der Waals surface area contributed by atoms with Gasteiger partial charge in [0.1, 0.15) is 10.8 Å². The van der Waals surface area contributed by atoms with E-state index in [-0.39, 0.29) is 5.82 Å². The molecule has 0 amide bonds. The predicted octanol–water partition coefficient (Wildman–Crippen LogP) is 5.24. The molecule has 0 aliphatic carbocycles. The standard InChI is InChI=1S/C20H18FN3OS2/c1-25-11-10-24-18-9-5-4-8-17(18)23-20(24)27-13-14-12-26-19(22-14)15-6-2-3-7-16(15)21/h2-9,12H,10-11,13H2,1H3. The van der Waals surface area contributed by atoms with Gasteiger partial charge in [-0.15, -0.1) is 11.3 Å². The first-order valence-electron chi connectivity index (χ1n) is 8.52. The van der Waals surface area contributed by atoms with Crippen LogP contribution in [0.5, 0.6) is 0 Å². The lowest BCUT2D eigenvalue weighted by atomic mass is 10.2. The Hall–Kier alpha value is -2.22. The molecule has 4 nitrogen and oxygen atoms in total. The number of aromatic nitrogens is 3. The summed E-state index contributed by atoms with van der Waals surface area (Å²) in [5.41, 5.74) is 3.54. The highest BCUT2D eigenvalue weighted by Crippen LogP contribution is 2.30. The Bertz CT molecular complexity index is 1060. The summed E-state index contributed by atoms with van der Waals surface area (Å²) in [7, 11) is 1.70. The Labute approximate surface area is 165 Å². The van der Waals surface area contributed by atoms with Gasteiger partial charge in [-0.25, -0.2) is 14.4 Å². The molecule has 0 aliphatic rings. The third kappa shape index (κ3) is 3.90. The van der Waals surface area contributed by atoms with Gasteiger partial charge >= 0.3 is 0 Å². The molecule has 7 heteroatoms. The number of hydrogen-bond donors (Lipinski definition) is 0. The molecule has 0 saturated heterocycles. The third-order valence-electron chi connectivity index (χ3n) is 4.14. The van der Waals surface area contributed by atoms with Crippen molar-refractivity contribution in [1.29, 1.82) is 0 Å². The molecule has 2 aromatic carbocycles. The summed E-state index contributed by atoms with van der Waals surface area (Å²) >= 11 is 3.10. The monoisotopic (exact) mass is 399 g/mol. The molecular formula is C20H18FN3OS2. The molecule has 2 heterocycles. The van der Waals surface area contributed by atoms with Crippen LogP contribution < -0.4 is 0 Å². The predicted molar refractivity (Wildman–Crippen MR) is 109 cm³/mol. The third-order valence-corrected chi connectivity index (χ3v) is 6.08. The van der Waals surface area contributed by atoms with E-state index in [4.69, 9.17) is 9.72 Å². The maximum atomic E-state index is 14.0. The summed E-state index contributed by atoms with van der Waals surface area (Å²) in [6, 6.07) is 14.8. The number of benzene rings is 2. The fourth-order valence-corrected chi connectivity index (χ4v) is 4.72. The highest BCUT2D eigenvalue weighted by atomic mass is 32.2. The largest absolute Gasteiger partial charge is 0.383 e. The van der Waals surface area contributed by atoms with Crippen LogP contribution in [0, 0.1) is 5.82 Å². The maximum absolute atomic E-state index is 14.0. The molecule has 2 aromatic heterocycles. The quantitative estimate of drug-likeness (QED) is 0.399. The number of thioether (sulfide) groups is 1. The van der Waals surface area contributed by atoms with E-state index in [9.17, 15) is 4.39 Å². The average Bonchev–Trinajstić information content (AvgIpc) is 3.29. The lowest BCUT2D eigenvalue weighted by Crippen LogP contribution is -2.05. The highest BCUT2D eigenvalue weighted by molar-refractivity contribution is 7.98. The van der Waals surface area contributed by atoms with Crippen molar-refractivity contribution in [3.8, 4) is 10.6 Å². The van der Waals surface area contributed by atoms with Gasteiger partial charge < -0.3 is 9.30 Å². The minimum atomic E-state index is -0.243. The zero-order valence-corrected chi connectivity index (χ0v) is 16.4. The first-order chi connectivity index (χ1) is 13.3. The van der Waals surface area contributed by atoms with Crippen molar-refractivity contribution in [2.45, 2.75) is 17.5 Å². The van der Waals surface area contributed by atoms with E-state index in [1.54, 1.807) is 31.0 Å². The van der Waals surface area contributed by atoms with E-state index < -0.39 is 0 Å². The lowest BCUT2D eigenvalue weighted by Gasteiger charge is -2.07. The second-order valence-electron chi connectivity index (χ2n) is 5.94. The zero-order chi connectivity index (χ0) is 18.6. The molecule has 0 saturated carbocycles. The minimum Gasteiger partial charge on any atom is -0.383 e. The molecule has 4 aromatic rings. The number of imidazole rings is 1. The zero-order valence-electron chi connectivity index (χ0n) is 14.8. The van der Waals surface area contributed by atoms with Crippen LogP contribution in [0.1, 0.15) is 5.69 Å². The van der Waals surface area contributed by atoms with Crippen LogP contribution >= 0.6 is 23.1 Å². The number of methoxy groups -OCH3 is 1. The number of ether oxygens (including phenoxy) is 1. The molecule has 4 rings (SSSR count). The van der Waals surface area contributed by atoms with Gasteiger partial charge in [0, 0.05) is 30.4 Å². The van der Waals surface area contributed by atoms with Gasteiger partial charge in [-0.3, -0.25) is 0 Å². The summed E-state index contributed by atoms with van der Waals surface area (Å²) in [6.45, 7) is 1.37. The lowest BCUT2D eigenvalue weighted by molar-refractivity contribution is 0.186. The SMILES string of the molecule is COCCn1c(SCc2csc(-c3ccccc3F)n2)nc2ccccc21. The molecule has 0 radical (unpaired) electrons. The Morgan fingerprint density at radius 3 is 2.78 bits per heavy atom. The maximum Gasteiger partial charge on any atom is 0.169 e. The molecule has 0 atom stereocenters. The number of nitrogens with zero attached hydrogens (tertiary/aromatic N) is 3. The molecule has 27 heavy (non-hydrogen) atoms. The average molecular weight is 400 g/mol. The van der Waals surface area contributed by atoms with Gasteiger partial charge in [-0.05, 0) is 24.3 Å². The summed E-state index contributed by atoms with van der Waals surface area (Å²) in [6.07, 6.45) is 0. The Morgan fingerprint density at radius 2 is 1.93 bits per heavy atom. The molecule has 0 N–H and O–H groups in total. The van der Waals surface area contributed by atoms with Crippen molar-refractivity contribution in [2.75, 3.05) is 13.7 Å². The summed E-state index contributed by atoms with van der Waals surface area (Å²) in [5.74, 6) is 0.439. The van der Waals surface area contributed by atoms with Crippen molar-refractivity contribution in [1.82, 2.24) is 14.5 Å². The second-order valence-corrected chi connectivity index (χ2v) is 7.74. The number of thiazole rings is 1.